The highest BCUT2D eigenvalue weighted by Crippen LogP contribution is 2.43. The fourth-order valence-corrected chi connectivity index (χ4v) is 2.86. The maximum atomic E-state index is 11.1. The lowest BCUT2D eigenvalue weighted by molar-refractivity contribution is -0.0860. The Morgan fingerprint density at radius 3 is 2.86 bits per heavy atom. The normalized spacial score (nSPS) is 23.3. The highest BCUT2D eigenvalue weighted by molar-refractivity contribution is 5.45. The molecule has 1 aromatic rings. The zero-order valence-electron chi connectivity index (χ0n) is 13.5. The van der Waals surface area contributed by atoms with Crippen molar-refractivity contribution in [2.75, 3.05) is 13.7 Å². The smallest absolute Gasteiger partial charge is 0.149 e. The van der Waals surface area contributed by atoms with E-state index in [-0.39, 0.29) is 0 Å². The first-order chi connectivity index (χ1) is 9.90. The highest BCUT2D eigenvalue weighted by atomic mass is 16.5. The number of fused-ring (bicyclic) bond motifs is 1. The molecule has 0 aliphatic carbocycles. The van der Waals surface area contributed by atoms with Crippen LogP contribution in [0.5, 0.6) is 11.5 Å². The second-order valence-corrected chi connectivity index (χ2v) is 6.31. The Morgan fingerprint density at radius 1 is 1.43 bits per heavy atom. The fourth-order valence-electron chi connectivity index (χ4n) is 2.86. The Kier molecular flexibility index (Phi) is 4.79. The van der Waals surface area contributed by atoms with E-state index in [1.165, 1.54) is 0 Å². The van der Waals surface area contributed by atoms with Crippen molar-refractivity contribution in [1.82, 2.24) is 5.32 Å². The van der Waals surface area contributed by atoms with E-state index in [0.29, 0.717) is 17.9 Å². The van der Waals surface area contributed by atoms with Gasteiger partial charge in [-0.15, -0.1) is 0 Å². The molecule has 1 unspecified atom stereocenters. The summed E-state index contributed by atoms with van der Waals surface area (Å²) >= 11 is 0. The molecule has 1 aromatic carbocycles. The Hall–Kier alpha value is -1.26. The number of aliphatic hydroxyl groups is 1. The lowest BCUT2D eigenvalue weighted by Gasteiger charge is -2.43. The molecule has 1 aliphatic heterocycles. The molecule has 21 heavy (non-hydrogen) atoms. The van der Waals surface area contributed by atoms with Crippen LogP contribution in [0.3, 0.4) is 0 Å². The molecule has 1 heterocycles. The Labute approximate surface area is 127 Å². The van der Waals surface area contributed by atoms with Gasteiger partial charge in [-0.05, 0) is 38.9 Å². The number of hydrogen-bond acceptors (Lipinski definition) is 4. The van der Waals surface area contributed by atoms with Gasteiger partial charge in [0.25, 0.3) is 0 Å². The standard InChI is InChI=1S/C17H26NO3/c1-5-6-7-10-18-17(19)12-16(2,3)21-15-9-8-13(20-4)11-14(15)17/h9,11,18-19H,5-7,10,12H2,1-4H3. The summed E-state index contributed by atoms with van der Waals surface area (Å²) in [4.78, 5) is 0. The van der Waals surface area contributed by atoms with Gasteiger partial charge < -0.3 is 14.6 Å². The molecule has 0 spiro atoms. The van der Waals surface area contributed by atoms with E-state index in [1.54, 1.807) is 19.2 Å². The van der Waals surface area contributed by atoms with Crippen molar-refractivity contribution >= 4 is 0 Å². The molecule has 2 N–H and O–H groups in total. The molecule has 1 aliphatic rings. The van der Waals surface area contributed by atoms with Crippen LogP contribution in [0, 0.1) is 6.07 Å². The summed E-state index contributed by atoms with van der Waals surface area (Å²) in [6.07, 6.45) is 3.85. The van der Waals surface area contributed by atoms with Crippen LogP contribution in [0.4, 0.5) is 0 Å². The quantitative estimate of drug-likeness (QED) is 0.625. The van der Waals surface area contributed by atoms with Gasteiger partial charge in [0.15, 0.2) is 0 Å². The van der Waals surface area contributed by atoms with Gasteiger partial charge in [0.2, 0.25) is 0 Å². The van der Waals surface area contributed by atoms with Gasteiger partial charge >= 0.3 is 0 Å². The molecule has 0 fully saturated rings. The van der Waals surface area contributed by atoms with Gasteiger partial charge in [-0.2, -0.15) is 0 Å². The van der Waals surface area contributed by atoms with Crippen LogP contribution in [0.25, 0.3) is 0 Å². The molecular weight excluding hydrogens is 266 g/mol. The van der Waals surface area contributed by atoms with Crippen molar-refractivity contribution in [3.8, 4) is 11.5 Å². The maximum absolute atomic E-state index is 11.1. The van der Waals surface area contributed by atoms with E-state index in [2.05, 4.69) is 18.3 Å². The summed E-state index contributed by atoms with van der Waals surface area (Å²) in [5, 5.41) is 14.4. The summed E-state index contributed by atoms with van der Waals surface area (Å²) in [7, 11) is 1.60. The van der Waals surface area contributed by atoms with E-state index in [0.717, 1.165) is 31.4 Å². The first kappa shape index (κ1) is 16.1. The molecule has 0 saturated heterocycles. The third-order valence-corrected chi connectivity index (χ3v) is 3.82. The van der Waals surface area contributed by atoms with Gasteiger partial charge in [-0.3, -0.25) is 5.32 Å². The van der Waals surface area contributed by atoms with Crippen molar-refractivity contribution < 1.29 is 14.6 Å². The van der Waals surface area contributed by atoms with Gasteiger partial charge in [-0.25, -0.2) is 0 Å². The number of benzene rings is 1. The summed E-state index contributed by atoms with van der Waals surface area (Å²) in [5.41, 5.74) is -0.788. The molecule has 1 radical (unpaired) electrons. The zero-order chi connectivity index (χ0) is 15.5. The van der Waals surface area contributed by atoms with Crippen LogP contribution in [-0.4, -0.2) is 24.4 Å². The van der Waals surface area contributed by atoms with Gasteiger partial charge in [0.1, 0.15) is 22.8 Å². The SMILES string of the molecule is CCCCCNC1(O)CC(C)(C)Oc2c[c]c(OC)cc21. The number of methoxy groups -OCH3 is 1. The minimum Gasteiger partial charge on any atom is -0.496 e. The van der Waals surface area contributed by atoms with Crippen LogP contribution in [0.1, 0.15) is 52.0 Å². The number of nitrogens with one attached hydrogen (secondary N) is 1. The Morgan fingerprint density at radius 2 is 2.19 bits per heavy atom. The molecule has 1 atom stereocenters. The van der Waals surface area contributed by atoms with Crippen LogP contribution in [0.2, 0.25) is 0 Å². The minimum atomic E-state index is -1.09. The number of hydrogen-bond donors (Lipinski definition) is 2. The second-order valence-electron chi connectivity index (χ2n) is 6.31. The van der Waals surface area contributed by atoms with Crippen molar-refractivity contribution in [2.24, 2.45) is 0 Å². The topological polar surface area (TPSA) is 50.7 Å². The lowest BCUT2D eigenvalue weighted by Crippen LogP contribution is -2.52. The average Bonchev–Trinajstić information content (AvgIpc) is 2.42. The lowest BCUT2D eigenvalue weighted by atomic mass is 9.86. The van der Waals surface area contributed by atoms with Crippen molar-refractivity contribution in [2.45, 2.75) is 57.8 Å². The van der Waals surface area contributed by atoms with E-state index in [1.807, 2.05) is 13.8 Å². The molecule has 4 heteroatoms. The molecule has 117 valence electrons. The molecule has 0 saturated carbocycles. The van der Waals surface area contributed by atoms with Gasteiger partial charge in [-0.1, -0.05) is 19.8 Å². The van der Waals surface area contributed by atoms with E-state index < -0.39 is 11.3 Å². The summed E-state index contributed by atoms with van der Waals surface area (Å²) in [6, 6.07) is 6.56. The van der Waals surface area contributed by atoms with Crippen molar-refractivity contribution in [3.05, 3.63) is 23.8 Å². The zero-order valence-corrected chi connectivity index (χ0v) is 13.5. The van der Waals surface area contributed by atoms with E-state index in [9.17, 15) is 5.11 Å². The van der Waals surface area contributed by atoms with E-state index in [4.69, 9.17) is 9.47 Å². The Balaban J connectivity index is 2.27. The van der Waals surface area contributed by atoms with Crippen LogP contribution in [-0.2, 0) is 5.72 Å². The molecule has 0 bridgehead atoms. The van der Waals surface area contributed by atoms with Crippen LogP contribution in [0.15, 0.2) is 12.1 Å². The third kappa shape index (κ3) is 3.69. The number of rotatable bonds is 6. The first-order valence-corrected chi connectivity index (χ1v) is 7.67. The average molecular weight is 292 g/mol. The van der Waals surface area contributed by atoms with E-state index >= 15 is 0 Å². The molecule has 2 rings (SSSR count). The summed E-state index contributed by atoms with van der Waals surface area (Å²) in [6.45, 7) is 6.92. The predicted molar refractivity (Wildman–Crippen MR) is 82.6 cm³/mol. The monoisotopic (exact) mass is 292 g/mol. The number of ether oxygens (including phenoxy) is 2. The molecular formula is C17H26NO3. The second kappa shape index (κ2) is 6.24. The van der Waals surface area contributed by atoms with Crippen molar-refractivity contribution in [1.29, 1.82) is 0 Å². The summed E-state index contributed by atoms with van der Waals surface area (Å²) in [5.74, 6) is 1.27. The predicted octanol–water partition coefficient (Wildman–Crippen LogP) is 2.98. The minimum absolute atomic E-state index is 0.429. The van der Waals surface area contributed by atoms with Crippen LogP contribution >= 0.6 is 0 Å². The van der Waals surface area contributed by atoms with Gasteiger partial charge in [0, 0.05) is 18.1 Å². The maximum Gasteiger partial charge on any atom is 0.149 e. The molecule has 4 nitrogen and oxygen atoms in total. The largest absolute Gasteiger partial charge is 0.496 e. The van der Waals surface area contributed by atoms with Crippen molar-refractivity contribution in [3.63, 3.8) is 0 Å². The third-order valence-electron chi connectivity index (χ3n) is 3.82. The molecule has 0 aromatic heterocycles. The fraction of sp³-hybridized carbons (Fsp3) is 0.647. The first-order valence-electron chi connectivity index (χ1n) is 7.67. The van der Waals surface area contributed by atoms with Gasteiger partial charge in [0.05, 0.1) is 7.11 Å². The highest BCUT2D eigenvalue weighted by Gasteiger charge is 2.43. The Bertz CT molecular complexity index is 487. The summed E-state index contributed by atoms with van der Waals surface area (Å²) < 4.78 is 11.2. The molecule has 0 amide bonds. The van der Waals surface area contributed by atoms with Crippen LogP contribution < -0.4 is 14.8 Å². The number of unbranched alkanes of at least 4 members (excludes halogenated alkanes) is 2.